The van der Waals surface area contributed by atoms with Gasteiger partial charge in [0.25, 0.3) is 0 Å². The van der Waals surface area contributed by atoms with Crippen molar-refractivity contribution in [2.45, 2.75) is 18.2 Å². The van der Waals surface area contributed by atoms with E-state index in [4.69, 9.17) is 16.3 Å². The standard InChI is InChI=1S/C23H24ClNO4S/c1-29-19-7-4-6-16(11-19)21(26)15-30-22-9-10-25(14-18(22)12-23(27)28)13-17-5-2-3-8-20(17)24/h2-8,11-12,22H,9-10,13-15H2,1H3,(H,27,28)/b18-12+/t22-/m1/s1. The average molecular weight is 446 g/mol. The van der Waals surface area contributed by atoms with Gasteiger partial charge in [0.1, 0.15) is 5.75 Å². The first-order valence-electron chi connectivity index (χ1n) is 9.64. The van der Waals surface area contributed by atoms with Crippen LogP contribution in [0.25, 0.3) is 0 Å². The van der Waals surface area contributed by atoms with Gasteiger partial charge in [-0.3, -0.25) is 9.69 Å². The summed E-state index contributed by atoms with van der Waals surface area (Å²) in [7, 11) is 1.57. The Kier molecular flexibility index (Phi) is 7.96. The molecule has 0 bridgehead atoms. The fourth-order valence-electron chi connectivity index (χ4n) is 3.47. The molecular weight excluding hydrogens is 422 g/mol. The van der Waals surface area contributed by atoms with Crippen LogP contribution in [0.5, 0.6) is 5.75 Å². The first-order valence-corrected chi connectivity index (χ1v) is 11.1. The molecule has 2 aromatic rings. The second-order valence-electron chi connectivity index (χ2n) is 7.10. The summed E-state index contributed by atoms with van der Waals surface area (Å²) in [6, 6.07) is 14.8. The Morgan fingerprint density at radius 2 is 2.07 bits per heavy atom. The molecule has 5 nitrogen and oxygen atoms in total. The maximum absolute atomic E-state index is 12.6. The van der Waals surface area contributed by atoms with Crippen LogP contribution >= 0.6 is 23.4 Å². The van der Waals surface area contributed by atoms with E-state index >= 15 is 0 Å². The Morgan fingerprint density at radius 3 is 2.80 bits per heavy atom. The quantitative estimate of drug-likeness (QED) is 0.475. The minimum absolute atomic E-state index is 0.00171. The maximum Gasteiger partial charge on any atom is 0.328 e. The van der Waals surface area contributed by atoms with Crippen LogP contribution < -0.4 is 4.74 Å². The topological polar surface area (TPSA) is 66.8 Å². The number of carboxylic acids is 1. The number of nitrogens with zero attached hydrogens (tertiary/aromatic N) is 1. The highest BCUT2D eigenvalue weighted by Gasteiger charge is 2.26. The molecule has 1 aliphatic heterocycles. The van der Waals surface area contributed by atoms with E-state index in [1.54, 1.807) is 31.4 Å². The maximum atomic E-state index is 12.6. The van der Waals surface area contributed by atoms with Gasteiger partial charge < -0.3 is 9.84 Å². The molecule has 1 saturated heterocycles. The highest BCUT2D eigenvalue weighted by atomic mass is 35.5. The third-order valence-corrected chi connectivity index (χ3v) is 6.73. The van der Waals surface area contributed by atoms with Crippen molar-refractivity contribution in [3.8, 4) is 5.75 Å². The van der Waals surface area contributed by atoms with E-state index in [0.717, 1.165) is 24.1 Å². The lowest BCUT2D eigenvalue weighted by Crippen LogP contribution is -2.37. The van der Waals surface area contributed by atoms with Crippen LogP contribution in [0.2, 0.25) is 5.02 Å². The van der Waals surface area contributed by atoms with Crippen molar-refractivity contribution in [2.24, 2.45) is 0 Å². The number of halogens is 1. The molecule has 0 radical (unpaired) electrons. The van der Waals surface area contributed by atoms with Crippen LogP contribution in [-0.4, -0.2) is 53.0 Å². The molecule has 0 spiro atoms. The van der Waals surface area contributed by atoms with E-state index in [2.05, 4.69) is 4.90 Å². The zero-order chi connectivity index (χ0) is 21.5. The van der Waals surface area contributed by atoms with Gasteiger partial charge in [0.2, 0.25) is 0 Å². The molecule has 0 amide bonds. The van der Waals surface area contributed by atoms with Gasteiger partial charge in [-0.2, -0.15) is 0 Å². The van der Waals surface area contributed by atoms with E-state index < -0.39 is 5.97 Å². The van der Waals surface area contributed by atoms with Gasteiger partial charge in [-0.15, -0.1) is 11.8 Å². The summed E-state index contributed by atoms with van der Waals surface area (Å²) in [6.07, 6.45) is 2.06. The van der Waals surface area contributed by atoms with Crippen molar-refractivity contribution in [1.29, 1.82) is 0 Å². The highest BCUT2D eigenvalue weighted by molar-refractivity contribution is 8.00. The summed E-state index contributed by atoms with van der Waals surface area (Å²) >= 11 is 7.77. The second-order valence-corrected chi connectivity index (χ2v) is 8.70. The van der Waals surface area contributed by atoms with Gasteiger partial charge in [-0.25, -0.2) is 4.79 Å². The molecular formula is C23H24ClNO4S. The third-order valence-electron chi connectivity index (χ3n) is 5.00. The number of carbonyl (C=O) groups excluding carboxylic acids is 1. The molecule has 3 rings (SSSR count). The van der Waals surface area contributed by atoms with Gasteiger partial charge in [0, 0.05) is 41.5 Å². The zero-order valence-electron chi connectivity index (χ0n) is 16.7. The number of ether oxygens (including phenoxy) is 1. The second kappa shape index (κ2) is 10.7. The first-order chi connectivity index (χ1) is 14.5. The number of carboxylic acid groups (broad SMARTS) is 1. The van der Waals surface area contributed by atoms with E-state index in [1.807, 2.05) is 24.3 Å². The molecule has 1 fully saturated rings. The largest absolute Gasteiger partial charge is 0.497 e. The van der Waals surface area contributed by atoms with Crippen LogP contribution in [0, 0.1) is 0 Å². The lowest BCUT2D eigenvalue weighted by molar-refractivity contribution is -0.131. The predicted octanol–water partition coefficient (Wildman–Crippen LogP) is 4.55. The number of aliphatic carboxylic acids is 1. The lowest BCUT2D eigenvalue weighted by Gasteiger charge is -2.34. The Bertz CT molecular complexity index is 946. The van der Waals surface area contributed by atoms with Crippen LogP contribution in [0.3, 0.4) is 0 Å². The van der Waals surface area contributed by atoms with Crippen LogP contribution in [-0.2, 0) is 11.3 Å². The smallest absolute Gasteiger partial charge is 0.328 e. The molecule has 0 aromatic heterocycles. The normalized spacial score (nSPS) is 18.3. The third kappa shape index (κ3) is 6.11. The number of ketones is 1. The van der Waals surface area contributed by atoms with Crippen molar-refractivity contribution < 1.29 is 19.4 Å². The Balaban J connectivity index is 1.64. The van der Waals surface area contributed by atoms with Crippen LogP contribution in [0.4, 0.5) is 0 Å². The van der Waals surface area contributed by atoms with Gasteiger partial charge >= 0.3 is 5.97 Å². The molecule has 30 heavy (non-hydrogen) atoms. The number of likely N-dealkylation sites (tertiary alicyclic amines) is 1. The van der Waals surface area contributed by atoms with Crippen molar-refractivity contribution in [1.82, 2.24) is 4.90 Å². The molecule has 1 atom stereocenters. The van der Waals surface area contributed by atoms with Crippen molar-refractivity contribution in [3.05, 3.63) is 76.3 Å². The van der Waals surface area contributed by atoms with Crippen molar-refractivity contribution in [2.75, 3.05) is 26.0 Å². The zero-order valence-corrected chi connectivity index (χ0v) is 18.3. The summed E-state index contributed by atoms with van der Waals surface area (Å²) in [4.78, 5) is 26.1. The monoisotopic (exact) mass is 445 g/mol. The number of hydrogen-bond acceptors (Lipinski definition) is 5. The van der Waals surface area contributed by atoms with Gasteiger partial charge in [0.15, 0.2) is 5.78 Å². The van der Waals surface area contributed by atoms with Crippen LogP contribution in [0.1, 0.15) is 22.3 Å². The van der Waals surface area contributed by atoms with Crippen molar-refractivity contribution in [3.63, 3.8) is 0 Å². The van der Waals surface area contributed by atoms with Gasteiger partial charge in [0.05, 0.1) is 12.9 Å². The molecule has 0 saturated carbocycles. The summed E-state index contributed by atoms with van der Waals surface area (Å²) in [5.74, 6) is -0.0224. The van der Waals surface area contributed by atoms with Crippen molar-refractivity contribution >= 4 is 35.1 Å². The molecule has 1 N–H and O–H groups in total. The summed E-state index contributed by atoms with van der Waals surface area (Å²) < 4.78 is 5.18. The van der Waals surface area contributed by atoms with E-state index in [0.29, 0.717) is 35.2 Å². The Morgan fingerprint density at radius 1 is 1.27 bits per heavy atom. The summed E-state index contributed by atoms with van der Waals surface area (Å²) in [5.41, 5.74) is 2.44. The number of benzene rings is 2. The molecule has 2 aromatic carbocycles. The molecule has 1 aliphatic rings. The highest BCUT2D eigenvalue weighted by Crippen LogP contribution is 2.30. The lowest BCUT2D eigenvalue weighted by atomic mass is 10.0. The number of rotatable bonds is 8. The molecule has 0 unspecified atom stereocenters. The SMILES string of the molecule is COc1cccc(C(=O)CS[C@@H]2CCN(Cc3ccccc3Cl)C/C2=C\C(=O)O)c1. The fraction of sp³-hybridized carbons (Fsp3) is 0.304. The molecule has 0 aliphatic carbocycles. The average Bonchev–Trinajstić information content (AvgIpc) is 2.74. The number of methoxy groups -OCH3 is 1. The first kappa shape index (κ1) is 22.4. The predicted molar refractivity (Wildman–Crippen MR) is 121 cm³/mol. The van der Waals surface area contributed by atoms with E-state index in [1.165, 1.54) is 17.8 Å². The number of thioether (sulfide) groups is 1. The van der Waals surface area contributed by atoms with Gasteiger partial charge in [-0.1, -0.05) is 41.9 Å². The minimum atomic E-state index is -0.964. The number of piperidine rings is 1. The fourth-order valence-corrected chi connectivity index (χ4v) is 4.81. The molecule has 1 heterocycles. The van der Waals surface area contributed by atoms with E-state index in [9.17, 15) is 14.7 Å². The number of carbonyl (C=O) groups is 2. The van der Waals surface area contributed by atoms with E-state index in [-0.39, 0.29) is 11.0 Å². The summed E-state index contributed by atoms with van der Waals surface area (Å²) in [5, 5.41) is 10.0. The minimum Gasteiger partial charge on any atom is -0.497 e. The Hall–Kier alpha value is -2.28. The van der Waals surface area contributed by atoms with Gasteiger partial charge in [-0.05, 0) is 35.8 Å². The number of Topliss-reactive ketones (excluding diaryl/α,β-unsaturated/α-hetero) is 1. The summed E-state index contributed by atoms with van der Waals surface area (Å²) in [6.45, 7) is 2.02. The number of hydrogen-bond donors (Lipinski definition) is 1. The Labute approximate surface area is 185 Å². The van der Waals surface area contributed by atoms with Crippen LogP contribution in [0.15, 0.2) is 60.2 Å². The molecule has 7 heteroatoms. The molecule has 158 valence electrons.